The zero-order chi connectivity index (χ0) is 19.5. The Morgan fingerprint density at radius 2 is 2.11 bits per heavy atom. The number of thiophene rings is 1. The van der Waals surface area contributed by atoms with Crippen molar-refractivity contribution >= 4 is 39.2 Å². The Kier molecular flexibility index (Phi) is 5.40. The van der Waals surface area contributed by atoms with E-state index in [2.05, 4.69) is 15.3 Å². The Hall–Kier alpha value is -2.71. The van der Waals surface area contributed by atoms with Gasteiger partial charge in [-0.25, -0.2) is 14.4 Å². The van der Waals surface area contributed by atoms with Crippen LogP contribution in [-0.2, 0) is 4.79 Å². The normalized spacial score (nSPS) is 12.2. The summed E-state index contributed by atoms with van der Waals surface area (Å²) in [7, 11) is 0. The molecule has 0 radical (unpaired) electrons. The Balaban J connectivity index is 1.48. The summed E-state index contributed by atoms with van der Waals surface area (Å²) >= 11 is 2.90. The van der Waals surface area contributed by atoms with Gasteiger partial charge in [-0.15, -0.1) is 11.3 Å². The monoisotopic (exact) mass is 413 g/mol. The molecule has 0 spiro atoms. The number of hydrogen-bond donors (Lipinski definition) is 1. The number of carbonyl (C=O) groups is 1. The highest BCUT2D eigenvalue weighted by atomic mass is 32.2. The van der Waals surface area contributed by atoms with E-state index in [1.807, 2.05) is 19.1 Å². The van der Waals surface area contributed by atoms with Crippen molar-refractivity contribution in [1.29, 1.82) is 0 Å². The zero-order valence-electron chi connectivity index (χ0n) is 14.9. The summed E-state index contributed by atoms with van der Waals surface area (Å²) in [4.78, 5) is 21.9. The van der Waals surface area contributed by atoms with Gasteiger partial charge in [-0.1, -0.05) is 23.9 Å². The van der Waals surface area contributed by atoms with Crippen LogP contribution in [0.25, 0.3) is 20.7 Å². The van der Waals surface area contributed by atoms with Gasteiger partial charge in [0.1, 0.15) is 22.9 Å². The largest absolute Gasteiger partial charge is 0.467 e. The van der Waals surface area contributed by atoms with Crippen LogP contribution in [0.15, 0.2) is 64.5 Å². The first-order valence-corrected chi connectivity index (χ1v) is 10.4. The lowest BCUT2D eigenvalue weighted by atomic mass is 10.2. The highest BCUT2D eigenvalue weighted by Crippen LogP contribution is 2.36. The first kappa shape index (κ1) is 18.6. The van der Waals surface area contributed by atoms with Gasteiger partial charge in [0.15, 0.2) is 0 Å². The van der Waals surface area contributed by atoms with Gasteiger partial charge >= 0.3 is 0 Å². The maximum atomic E-state index is 13.2. The van der Waals surface area contributed by atoms with Crippen molar-refractivity contribution in [3.05, 3.63) is 66.6 Å². The Morgan fingerprint density at radius 3 is 2.86 bits per heavy atom. The van der Waals surface area contributed by atoms with Crippen LogP contribution in [0.3, 0.4) is 0 Å². The van der Waals surface area contributed by atoms with Crippen LogP contribution in [0.4, 0.5) is 4.39 Å². The van der Waals surface area contributed by atoms with Crippen molar-refractivity contribution in [2.75, 3.05) is 5.75 Å². The van der Waals surface area contributed by atoms with Crippen molar-refractivity contribution < 1.29 is 13.6 Å². The van der Waals surface area contributed by atoms with E-state index in [-0.39, 0.29) is 23.5 Å². The number of fused-ring (bicyclic) bond motifs is 1. The van der Waals surface area contributed by atoms with Crippen LogP contribution in [0.5, 0.6) is 0 Å². The first-order valence-electron chi connectivity index (χ1n) is 8.56. The molecule has 0 bridgehead atoms. The first-order chi connectivity index (χ1) is 13.6. The van der Waals surface area contributed by atoms with E-state index in [0.29, 0.717) is 5.76 Å². The van der Waals surface area contributed by atoms with Crippen LogP contribution in [-0.4, -0.2) is 21.6 Å². The Labute approximate surface area is 169 Å². The molecule has 0 saturated heterocycles. The summed E-state index contributed by atoms with van der Waals surface area (Å²) in [5.74, 6) is 0.581. The molecule has 3 heterocycles. The topological polar surface area (TPSA) is 68.0 Å². The molecular formula is C20H16FN3O2S2. The molecule has 4 aromatic rings. The SMILES string of the molecule is C[C@H](NC(=O)CSc1ncnc2cc(-c3ccc(F)cc3)sc12)c1ccco1. The third-order valence-electron chi connectivity index (χ3n) is 4.09. The van der Waals surface area contributed by atoms with Gasteiger partial charge in [-0.3, -0.25) is 4.79 Å². The van der Waals surface area contributed by atoms with Gasteiger partial charge in [0.25, 0.3) is 0 Å². The lowest BCUT2D eigenvalue weighted by Crippen LogP contribution is -2.27. The third-order valence-corrected chi connectivity index (χ3v) is 6.39. The van der Waals surface area contributed by atoms with Gasteiger partial charge in [0.05, 0.1) is 28.3 Å². The summed E-state index contributed by atoms with van der Waals surface area (Å²) in [5.41, 5.74) is 1.73. The molecule has 28 heavy (non-hydrogen) atoms. The standard InChI is InChI=1S/C20H16FN3O2S2/c1-12(16-3-2-8-26-16)24-18(25)10-27-20-19-15(22-11-23-20)9-17(28-19)13-4-6-14(21)7-5-13/h2-9,11-12H,10H2,1H3,(H,24,25)/t12-/m0/s1. The number of carbonyl (C=O) groups excluding carboxylic acids is 1. The van der Waals surface area contributed by atoms with Gasteiger partial charge < -0.3 is 9.73 Å². The van der Waals surface area contributed by atoms with E-state index in [0.717, 1.165) is 25.7 Å². The van der Waals surface area contributed by atoms with E-state index in [1.165, 1.54) is 41.6 Å². The van der Waals surface area contributed by atoms with Gasteiger partial charge in [-0.2, -0.15) is 0 Å². The molecule has 1 N–H and O–H groups in total. The minimum atomic E-state index is -0.268. The molecule has 8 heteroatoms. The lowest BCUT2D eigenvalue weighted by molar-refractivity contribution is -0.119. The predicted molar refractivity (Wildman–Crippen MR) is 109 cm³/mol. The van der Waals surface area contributed by atoms with Gasteiger partial charge in [-0.05, 0) is 42.8 Å². The van der Waals surface area contributed by atoms with Crippen molar-refractivity contribution in [3.63, 3.8) is 0 Å². The fourth-order valence-corrected chi connectivity index (χ4v) is 4.73. The summed E-state index contributed by atoms with van der Waals surface area (Å²) in [6, 6.07) is 11.7. The van der Waals surface area contributed by atoms with Crippen LogP contribution >= 0.6 is 23.1 Å². The number of nitrogens with one attached hydrogen (secondary N) is 1. The van der Waals surface area contributed by atoms with E-state index >= 15 is 0 Å². The maximum absolute atomic E-state index is 13.2. The molecule has 0 aliphatic heterocycles. The van der Waals surface area contributed by atoms with Crippen LogP contribution < -0.4 is 5.32 Å². The Bertz CT molecular complexity index is 1090. The highest BCUT2D eigenvalue weighted by molar-refractivity contribution is 8.00. The van der Waals surface area contributed by atoms with Gasteiger partial charge in [0, 0.05) is 4.88 Å². The van der Waals surface area contributed by atoms with Crippen molar-refractivity contribution in [3.8, 4) is 10.4 Å². The minimum Gasteiger partial charge on any atom is -0.467 e. The molecule has 1 aromatic carbocycles. The summed E-state index contributed by atoms with van der Waals surface area (Å²) in [6.07, 6.45) is 3.08. The zero-order valence-corrected chi connectivity index (χ0v) is 16.5. The van der Waals surface area contributed by atoms with E-state index in [1.54, 1.807) is 24.5 Å². The fourth-order valence-electron chi connectivity index (χ4n) is 2.72. The lowest BCUT2D eigenvalue weighted by Gasteiger charge is -2.11. The summed E-state index contributed by atoms with van der Waals surface area (Å²) < 4.78 is 19.4. The molecular weight excluding hydrogens is 397 g/mol. The molecule has 3 aromatic heterocycles. The summed E-state index contributed by atoms with van der Waals surface area (Å²) in [5, 5.41) is 3.66. The van der Waals surface area contributed by atoms with Gasteiger partial charge in [0.2, 0.25) is 5.91 Å². The second-order valence-electron chi connectivity index (χ2n) is 6.10. The highest BCUT2D eigenvalue weighted by Gasteiger charge is 2.15. The number of furan rings is 1. The van der Waals surface area contributed by atoms with Crippen LogP contribution in [0.1, 0.15) is 18.7 Å². The summed E-state index contributed by atoms with van der Waals surface area (Å²) in [6.45, 7) is 1.87. The molecule has 1 amide bonds. The second-order valence-corrected chi connectivity index (χ2v) is 8.12. The van der Waals surface area contributed by atoms with Crippen molar-refractivity contribution in [2.45, 2.75) is 18.0 Å². The van der Waals surface area contributed by atoms with Crippen molar-refractivity contribution in [2.24, 2.45) is 0 Å². The molecule has 0 unspecified atom stereocenters. The molecule has 4 rings (SSSR count). The van der Waals surface area contributed by atoms with E-state index < -0.39 is 0 Å². The number of hydrogen-bond acceptors (Lipinski definition) is 6. The second kappa shape index (κ2) is 8.12. The average Bonchev–Trinajstić information content (AvgIpc) is 3.37. The molecule has 0 aliphatic rings. The third kappa shape index (κ3) is 4.07. The molecule has 0 aliphatic carbocycles. The molecule has 0 fully saturated rings. The average molecular weight is 413 g/mol. The maximum Gasteiger partial charge on any atom is 0.231 e. The predicted octanol–water partition coefficient (Wildman–Crippen LogP) is 5.06. The number of nitrogens with zero attached hydrogens (tertiary/aromatic N) is 2. The molecule has 1 atom stereocenters. The molecule has 142 valence electrons. The van der Waals surface area contributed by atoms with Crippen molar-refractivity contribution in [1.82, 2.24) is 15.3 Å². The number of thioether (sulfide) groups is 1. The quantitative estimate of drug-likeness (QED) is 0.353. The minimum absolute atomic E-state index is 0.101. The number of benzene rings is 1. The van der Waals surface area contributed by atoms with E-state index in [9.17, 15) is 9.18 Å². The van der Waals surface area contributed by atoms with Crippen LogP contribution in [0.2, 0.25) is 0 Å². The smallest absolute Gasteiger partial charge is 0.231 e. The fraction of sp³-hybridized carbons (Fsp3) is 0.150. The number of halogens is 1. The van der Waals surface area contributed by atoms with Crippen LogP contribution in [0, 0.1) is 5.82 Å². The molecule has 5 nitrogen and oxygen atoms in total. The number of amides is 1. The number of rotatable bonds is 6. The Morgan fingerprint density at radius 1 is 1.29 bits per heavy atom. The number of aromatic nitrogens is 2. The molecule has 0 saturated carbocycles. The van der Waals surface area contributed by atoms with E-state index in [4.69, 9.17) is 4.42 Å².